The number of carbonyl (C=O) groups is 2. The fourth-order valence-corrected chi connectivity index (χ4v) is 3.28. The van der Waals surface area contributed by atoms with Gasteiger partial charge in [0.25, 0.3) is 0 Å². The van der Waals surface area contributed by atoms with E-state index in [1.807, 2.05) is 0 Å². The van der Waals surface area contributed by atoms with Crippen LogP contribution in [0.1, 0.15) is 37.8 Å². The summed E-state index contributed by atoms with van der Waals surface area (Å²) < 4.78 is 45.0. The molecule has 0 radical (unpaired) electrons. The minimum Gasteiger partial charge on any atom is -0.453 e. The third kappa shape index (κ3) is 2.24. The lowest BCUT2D eigenvalue weighted by atomic mass is 9.87. The molecule has 0 unspecified atom stereocenters. The van der Waals surface area contributed by atoms with Crippen molar-refractivity contribution in [2.75, 3.05) is 0 Å². The van der Waals surface area contributed by atoms with Crippen molar-refractivity contribution in [2.24, 2.45) is 0 Å². The fourth-order valence-electron chi connectivity index (χ4n) is 3.28. The lowest BCUT2D eigenvalue weighted by Gasteiger charge is -2.46. The predicted molar refractivity (Wildman–Crippen MR) is 69.1 cm³/mol. The zero-order chi connectivity index (χ0) is 16.0. The zero-order valence-corrected chi connectivity index (χ0v) is 11.8. The van der Waals surface area contributed by atoms with Gasteiger partial charge in [-0.25, -0.2) is 18.0 Å². The Kier molecular flexibility index (Phi) is 3.58. The molecule has 0 saturated carbocycles. The van der Waals surface area contributed by atoms with Crippen LogP contribution < -0.4 is 0 Å². The average Bonchev–Trinajstić information content (AvgIpc) is 2.49. The number of halogens is 3. The number of nitrogens with zero attached hydrogens (tertiary/aromatic N) is 1. The molecule has 2 heterocycles. The molecule has 2 fully saturated rings. The van der Waals surface area contributed by atoms with Gasteiger partial charge in [-0.05, 0) is 43.9 Å². The van der Waals surface area contributed by atoms with Crippen molar-refractivity contribution in [3.05, 3.63) is 35.1 Å². The van der Waals surface area contributed by atoms with E-state index >= 15 is 0 Å². The summed E-state index contributed by atoms with van der Waals surface area (Å²) in [4.78, 5) is 25.0. The SMILES string of the molecule is C[C@H]1OC(=O)C(=O)N2[C@@H]1CCC[C@H]2c1cc(F)c(F)c(F)c1. The van der Waals surface area contributed by atoms with Crippen LogP contribution >= 0.6 is 0 Å². The summed E-state index contributed by atoms with van der Waals surface area (Å²) in [5.74, 6) is -5.96. The van der Waals surface area contributed by atoms with Crippen molar-refractivity contribution >= 4 is 11.9 Å². The number of piperidine rings is 1. The first-order valence-electron chi connectivity index (χ1n) is 7.08. The smallest absolute Gasteiger partial charge is 0.397 e. The average molecular weight is 313 g/mol. The number of esters is 1. The summed E-state index contributed by atoms with van der Waals surface area (Å²) in [6.45, 7) is 1.68. The van der Waals surface area contributed by atoms with Gasteiger partial charge in [0.15, 0.2) is 17.5 Å². The van der Waals surface area contributed by atoms with Gasteiger partial charge in [0.2, 0.25) is 0 Å². The van der Waals surface area contributed by atoms with E-state index in [4.69, 9.17) is 4.74 Å². The Hall–Kier alpha value is -2.05. The van der Waals surface area contributed by atoms with E-state index in [0.29, 0.717) is 19.3 Å². The zero-order valence-electron chi connectivity index (χ0n) is 11.8. The standard InChI is InChI=1S/C15H14F3NO3/c1-7-11-3-2-4-12(19(11)14(20)15(21)22-7)8-5-9(16)13(18)10(17)6-8/h5-7,11-12H,2-4H2,1H3/t7-,11-,12+/m1/s1. The number of hydrogen-bond donors (Lipinski definition) is 0. The summed E-state index contributed by atoms with van der Waals surface area (Å²) in [5.41, 5.74) is 0.149. The molecule has 1 amide bonds. The van der Waals surface area contributed by atoms with Gasteiger partial charge in [-0.3, -0.25) is 4.79 Å². The molecule has 7 heteroatoms. The molecule has 1 aromatic carbocycles. The van der Waals surface area contributed by atoms with Crippen LogP contribution in [0.2, 0.25) is 0 Å². The summed E-state index contributed by atoms with van der Waals surface area (Å²) in [6.07, 6.45) is 1.32. The summed E-state index contributed by atoms with van der Waals surface area (Å²) in [5, 5.41) is 0. The van der Waals surface area contributed by atoms with Crippen molar-refractivity contribution in [3.63, 3.8) is 0 Å². The number of amides is 1. The van der Waals surface area contributed by atoms with Crippen LogP contribution in [-0.4, -0.2) is 28.9 Å². The molecule has 4 nitrogen and oxygen atoms in total. The Bertz CT molecular complexity index is 626. The van der Waals surface area contributed by atoms with Crippen LogP contribution in [-0.2, 0) is 14.3 Å². The summed E-state index contributed by atoms with van der Waals surface area (Å²) in [6, 6.07) is 0.762. The number of fused-ring (bicyclic) bond motifs is 1. The van der Waals surface area contributed by atoms with Gasteiger partial charge in [0.05, 0.1) is 12.1 Å². The number of carbonyl (C=O) groups excluding carboxylic acids is 2. The van der Waals surface area contributed by atoms with E-state index in [1.54, 1.807) is 6.92 Å². The minimum atomic E-state index is -1.55. The second-order valence-corrected chi connectivity index (χ2v) is 5.64. The van der Waals surface area contributed by atoms with E-state index in [9.17, 15) is 22.8 Å². The number of hydrogen-bond acceptors (Lipinski definition) is 3. The number of rotatable bonds is 1. The van der Waals surface area contributed by atoms with Crippen LogP contribution in [0.15, 0.2) is 12.1 Å². The van der Waals surface area contributed by atoms with Gasteiger partial charge in [0, 0.05) is 0 Å². The third-order valence-electron chi connectivity index (χ3n) is 4.31. The normalized spacial score (nSPS) is 28.4. The molecule has 3 rings (SSSR count). The number of benzene rings is 1. The Morgan fingerprint density at radius 2 is 1.77 bits per heavy atom. The van der Waals surface area contributed by atoms with Crippen LogP contribution in [0.4, 0.5) is 13.2 Å². The number of morpholine rings is 1. The Labute approximate surface area is 124 Å². The van der Waals surface area contributed by atoms with Crippen molar-refractivity contribution in [1.82, 2.24) is 4.90 Å². The largest absolute Gasteiger partial charge is 0.453 e. The van der Waals surface area contributed by atoms with E-state index in [1.165, 1.54) is 4.90 Å². The van der Waals surface area contributed by atoms with Crippen LogP contribution in [0.3, 0.4) is 0 Å². The quantitative estimate of drug-likeness (QED) is 0.454. The van der Waals surface area contributed by atoms with Gasteiger partial charge in [-0.15, -0.1) is 0 Å². The van der Waals surface area contributed by atoms with E-state index < -0.39 is 41.5 Å². The Balaban J connectivity index is 2.02. The lowest BCUT2D eigenvalue weighted by molar-refractivity contribution is -0.182. The molecule has 2 aliphatic heterocycles. The van der Waals surface area contributed by atoms with E-state index in [-0.39, 0.29) is 11.6 Å². The van der Waals surface area contributed by atoms with Crippen LogP contribution in [0.5, 0.6) is 0 Å². The molecule has 118 valence electrons. The highest BCUT2D eigenvalue weighted by molar-refractivity contribution is 6.33. The molecule has 2 aliphatic rings. The molecule has 1 aromatic rings. The monoisotopic (exact) mass is 313 g/mol. The first-order chi connectivity index (χ1) is 10.4. The number of cyclic esters (lactones) is 1. The van der Waals surface area contributed by atoms with Crippen molar-refractivity contribution in [3.8, 4) is 0 Å². The van der Waals surface area contributed by atoms with Crippen molar-refractivity contribution in [1.29, 1.82) is 0 Å². The summed E-state index contributed by atoms with van der Waals surface area (Å²) >= 11 is 0. The molecule has 0 aliphatic carbocycles. The first kappa shape index (κ1) is 14.9. The fraction of sp³-hybridized carbons (Fsp3) is 0.467. The number of ether oxygens (including phenoxy) is 1. The predicted octanol–water partition coefficient (Wildman–Crippen LogP) is 2.47. The van der Waals surface area contributed by atoms with Gasteiger partial charge in [-0.2, -0.15) is 0 Å². The molecule has 22 heavy (non-hydrogen) atoms. The Morgan fingerprint density at radius 1 is 1.14 bits per heavy atom. The topological polar surface area (TPSA) is 46.6 Å². The Morgan fingerprint density at radius 3 is 2.41 bits per heavy atom. The van der Waals surface area contributed by atoms with E-state index in [2.05, 4.69) is 0 Å². The molecule has 2 saturated heterocycles. The maximum atomic E-state index is 13.5. The molecule has 3 atom stereocenters. The van der Waals surface area contributed by atoms with Gasteiger partial charge in [0.1, 0.15) is 6.10 Å². The van der Waals surface area contributed by atoms with Gasteiger partial charge < -0.3 is 9.64 Å². The molecule has 0 N–H and O–H groups in total. The highest BCUT2D eigenvalue weighted by Crippen LogP contribution is 2.38. The third-order valence-corrected chi connectivity index (χ3v) is 4.31. The first-order valence-corrected chi connectivity index (χ1v) is 7.08. The van der Waals surface area contributed by atoms with Crippen molar-refractivity contribution in [2.45, 2.75) is 44.4 Å². The second-order valence-electron chi connectivity index (χ2n) is 5.64. The molecular weight excluding hydrogens is 299 g/mol. The maximum Gasteiger partial charge on any atom is 0.397 e. The molecule has 0 spiro atoms. The van der Waals surface area contributed by atoms with Gasteiger partial charge in [-0.1, -0.05) is 0 Å². The minimum absolute atomic E-state index is 0.149. The second kappa shape index (κ2) is 5.30. The van der Waals surface area contributed by atoms with Gasteiger partial charge >= 0.3 is 11.9 Å². The van der Waals surface area contributed by atoms with E-state index in [0.717, 1.165) is 12.1 Å². The van der Waals surface area contributed by atoms with Crippen LogP contribution in [0, 0.1) is 17.5 Å². The molecular formula is C15H14F3NO3. The maximum absolute atomic E-state index is 13.5. The van der Waals surface area contributed by atoms with Crippen LogP contribution in [0.25, 0.3) is 0 Å². The highest BCUT2D eigenvalue weighted by Gasteiger charge is 2.46. The molecule has 0 aromatic heterocycles. The van der Waals surface area contributed by atoms with Crippen molar-refractivity contribution < 1.29 is 27.5 Å². The highest BCUT2D eigenvalue weighted by atomic mass is 19.2. The lowest BCUT2D eigenvalue weighted by Crippen LogP contribution is -2.58. The molecule has 0 bridgehead atoms. The summed E-state index contributed by atoms with van der Waals surface area (Å²) in [7, 11) is 0.